The van der Waals surface area contributed by atoms with Gasteiger partial charge in [0.1, 0.15) is 11.4 Å². The molecule has 1 heterocycles. The van der Waals surface area contributed by atoms with Crippen LogP contribution in [0.2, 0.25) is 0 Å². The summed E-state index contributed by atoms with van der Waals surface area (Å²) in [5, 5.41) is 19.4. The number of rotatable bonds is 4. The van der Waals surface area contributed by atoms with Crippen molar-refractivity contribution in [3.05, 3.63) is 35.8 Å². The second kappa shape index (κ2) is 5.34. The van der Waals surface area contributed by atoms with Gasteiger partial charge in [-0.1, -0.05) is 6.07 Å². The van der Waals surface area contributed by atoms with Gasteiger partial charge in [0.05, 0.1) is 18.7 Å². The van der Waals surface area contributed by atoms with E-state index < -0.39 is 16.1 Å². The van der Waals surface area contributed by atoms with Crippen LogP contribution in [-0.4, -0.2) is 31.2 Å². The zero-order valence-corrected chi connectivity index (χ0v) is 13.1. The summed E-state index contributed by atoms with van der Waals surface area (Å²) in [6.45, 7) is 2.06. The lowest BCUT2D eigenvalue weighted by Gasteiger charge is -2.16. The number of hydrogen-bond acceptors (Lipinski definition) is 6. The first-order valence-electron chi connectivity index (χ1n) is 7.06. The van der Waals surface area contributed by atoms with Gasteiger partial charge in [-0.25, -0.2) is 9.03 Å². The third-order valence-electron chi connectivity index (χ3n) is 3.78. The van der Waals surface area contributed by atoms with Gasteiger partial charge in [-0.05, 0) is 37.0 Å². The van der Waals surface area contributed by atoms with Crippen molar-refractivity contribution in [1.29, 1.82) is 0 Å². The van der Waals surface area contributed by atoms with Gasteiger partial charge in [-0.2, -0.15) is 8.42 Å². The number of nitrogens with zero attached hydrogens (tertiary/aromatic N) is 1. The molecule has 1 aliphatic carbocycles. The Morgan fingerprint density at radius 1 is 1.43 bits per heavy atom. The van der Waals surface area contributed by atoms with Crippen LogP contribution in [0.3, 0.4) is 0 Å². The molecule has 3 N–H and O–H groups in total. The normalized spacial score (nSPS) is 24.7. The zero-order chi connectivity index (χ0) is 16.8. The number of hydrogen-bond donors (Lipinski definition) is 3. The maximum absolute atomic E-state index is 11.8. The number of aliphatic hydroxyl groups excluding tert-OH is 1. The molecule has 0 saturated heterocycles. The number of nitrogens with one attached hydrogen (secondary N) is 1. The SMILES string of the molecule is CCOC(=O)C1CC1c1ccc(N2C=C(O)NS2(=O)=O)c(O)c1. The fourth-order valence-corrected chi connectivity index (χ4v) is 3.69. The Hall–Kier alpha value is -2.42. The van der Waals surface area contributed by atoms with Crippen LogP contribution in [0.5, 0.6) is 5.75 Å². The first-order valence-corrected chi connectivity index (χ1v) is 8.50. The maximum atomic E-state index is 11.8. The van der Waals surface area contributed by atoms with E-state index in [0.717, 1.165) is 16.1 Å². The van der Waals surface area contributed by atoms with Crippen molar-refractivity contribution in [3.63, 3.8) is 0 Å². The van der Waals surface area contributed by atoms with Crippen LogP contribution in [-0.2, 0) is 19.7 Å². The van der Waals surface area contributed by atoms with Crippen molar-refractivity contribution in [3.8, 4) is 5.75 Å². The molecule has 1 saturated carbocycles. The monoisotopic (exact) mass is 340 g/mol. The van der Waals surface area contributed by atoms with E-state index >= 15 is 0 Å². The molecule has 2 aliphatic rings. The van der Waals surface area contributed by atoms with Gasteiger partial charge in [0, 0.05) is 0 Å². The highest BCUT2D eigenvalue weighted by Gasteiger charge is 2.45. The number of benzene rings is 1. The second-order valence-corrected chi connectivity index (χ2v) is 6.91. The Labute approximate surface area is 133 Å². The van der Waals surface area contributed by atoms with E-state index in [-0.39, 0.29) is 29.2 Å². The van der Waals surface area contributed by atoms with Crippen LogP contribution < -0.4 is 9.03 Å². The highest BCUT2D eigenvalue weighted by atomic mass is 32.2. The summed E-state index contributed by atoms with van der Waals surface area (Å²) < 4.78 is 31.2. The fourth-order valence-electron chi connectivity index (χ4n) is 2.62. The largest absolute Gasteiger partial charge is 0.506 e. The number of aromatic hydroxyl groups is 1. The van der Waals surface area contributed by atoms with E-state index in [0.29, 0.717) is 13.0 Å². The van der Waals surface area contributed by atoms with Gasteiger partial charge >= 0.3 is 16.2 Å². The van der Waals surface area contributed by atoms with Crippen molar-refractivity contribution in [1.82, 2.24) is 4.72 Å². The number of esters is 1. The molecule has 9 heteroatoms. The van der Waals surface area contributed by atoms with Crippen LogP contribution in [0.1, 0.15) is 24.8 Å². The molecule has 1 aromatic carbocycles. The lowest BCUT2D eigenvalue weighted by atomic mass is 10.1. The maximum Gasteiger partial charge on any atom is 0.330 e. The third-order valence-corrected chi connectivity index (χ3v) is 5.06. The first kappa shape index (κ1) is 15.5. The Morgan fingerprint density at radius 3 is 2.74 bits per heavy atom. The van der Waals surface area contributed by atoms with Crippen LogP contribution in [0, 0.1) is 5.92 Å². The minimum Gasteiger partial charge on any atom is -0.506 e. The fraction of sp³-hybridized carbons (Fsp3) is 0.357. The van der Waals surface area contributed by atoms with Gasteiger partial charge in [0.25, 0.3) is 0 Å². The molecule has 8 nitrogen and oxygen atoms in total. The van der Waals surface area contributed by atoms with E-state index in [1.54, 1.807) is 13.0 Å². The molecule has 23 heavy (non-hydrogen) atoms. The predicted octanol–water partition coefficient (Wildman–Crippen LogP) is 1.07. The van der Waals surface area contributed by atoms with Crippen molar-refractivity contribution in [2.75, 3.05) is 10.9 Å². The molecule has 0 bridgehead atoms. The van der Waals surface area contributed by atoms with Gasteiger partial charge in [0.15, 0.2) is 0 Å². The Morgan fingerprint density at radius 2 is 2.17 bits per heavy atom. The molecule has 2 unspecified atom stereocenters. The molecule has 124 valence electrons. The number of phenolic OH excluding ortho intramolecular Hbond substituents is 1. The highest BCUT2D eigenvalue weighted by molar-refractivity contribution is 7.91. The summed E-state index contributed by atoms with van der Waals surface area (Å²) in [6.07, 6.45) is 1.60. The number of anilines is 1. The van der Waals surface area contributed by atoms with E-state index in [1.807, 2.05) is 4.72 Å². The number of carbonyl (C=O) groups is 1. The highest BCUT2D eigenvalue weighted by Crippen LogP contribution is 2.49. The summed E-state index contributed by atoms with van der Waals surface area (Å²) in [7, 11) is -3.95. The lowest BCUT2D eigenvalue weighted by molar-refractivity contribution is -0.144. The van der Waals surface area contributed by atoms with Crippen molar-refractivity contribution >= 4 is 21.9 Å². The predicted molar refractivity (Wildman–Crippen MR) is 80.8 cm³/mol. The number of aliphatic hydroxyl groups is 1. The average molecular weight is 340 g/mol. The Balaban J connectivity index is 1.82. The van der Waals surface area contributed by atoms with Crippen LogP contribution in [0.15, 0.2) is 30.3 Å². The van der Waals surface area contributed by atoms with Crippen molar-refractivity contribution in [2.45, 2.75) is 19.3 Å². The number of ether oxygens (including phenoxy) is 1. The quantitative estimate of drug-likeness (QED) is 0.706. The summed E-state index contributed by atoms with van der Waals surface area (Å²) in [5.41, 5.74) is 0.751. The molecule has 3 rings (SSSR count). The van der Waals surface area contributed by atoms with E-state index in [1.165, 1.54) is 12.1 Å². The standard InChI is InChI=1S/C14H16N2O6S/c1-2-22-14(19)10-6-9(10)8-3-4-11(12(17)5-8)16-7-13(18)15-23(16,20)21/h3-5,7,9-10,15,17-18H,2,6H2,1H3. The van der Waals surface area contributed by atoms with Crippen molar-refractivity contribution < 1.29 is 28.2 Å². The van der Waals surface area contributed by atoms with E-state index in [4.69, 9.17) is 4.74 Å². The summed E-state index contributed by atoms with van der Waals surface area (Å²) in [5.74, 6) is -1.31. The molecule has 0 amide bonds. The number of phenols is 1. The molecule has 1 aliphatic heterocycles. The summed E-state index contributed by atoms with van der Waals surface area (Å²) >= 11 is 0. The van der Waals surface area contributed by atoms with E-state index in [2.05, 4.69) is 0 Å². The van der Waals surface area contributed by atoms with Crippen LogP contribution >= 0.6 is 0 Å². The molecule has 1 fully saturated rings. The van der Waals surface area contributed by atoms with Gasteiger partial charge in [-0.15, -0.1) is 0 Å². The smallest absolute Gasteiger partial charge is 0.330 e. The minimum atomic E-state index is -3.95. The van der Waals surface area contributed by atoms with Crippen molar-refractivity contribution in [2.24, 2.45) is 5.92 Å². The molecule has 1 aromatic rings. The Kier molecular flexibility index (Phi) is 3.59. The topological polar surface area (TPSA) is 116 Å². The second-order valence-electron chi connectivity index (χ2n) is 5.37. The van der Waals surface area contributed by atoms with E-state index in [9.17, 15) is 23.4 Å². The van der Waals surface area contributed by atoms with Gasteiger partial charge < -0.3 is 14.9 Å². The minimum absolute atomic E-state index is 0.0126. The zero-order valence-electron chi connectivity index (χ0n) is 12.3. The average Bonchev–Trinajstić information content (AvgIpc) is 3.20. The molecule has 0 spiro atoms. The molecule has 0 aromatic heterocycles. The van der Waals surface area contributed by atoms with Gasteiger partial charge in [0.2, 0.25) is 5.88 Å². The first-order chi connectivity index (χ1) is 10.8. The van der Waals surface area contributed by atoms with Gasteiger partial charge in [-0.3, -0.25) is 4.79 Å². The Bertz CT molecular complexity index is 788. The molecular weight excluding hydrogens is 324 g/mol. The third kappa shape index (κ3) is 2.79. The van der Waals surface area contributed by atoms with Crippen LogP contribution in [0.25, 0.3) is 0 Å². The molecule has 2 atom stereocenters. The molecule has 0 radical (unpaired) electrons. The van der Waals surface area contributed by atoms with Crippen LogP contribution in [0.4, 0.5) is 5.69 Å². The molecular formula is C14H16N2O6S. The summed E-state index contributed by atoms with van der Waals surface area (Å²) in [4.78, 5) is 11.7. The summed E-state index contributed by atoms with van der Waals surface area (Å²) in [6, 6.07) is 4.51. The lowest BCUT2D eigenvalue weighted by Crippen LogP contribution is -2.29. The number of carbonyl (C=O) groups excluding carboxylic acids is 1.